The van der Waals surface area contributed by atoms with Crippen molar-refractivity contribution in [1.82, 2.24) is 9.80 Å². The van der Waals surface area contributed by atoms with E-state index in [-0.39, 0.29) is 34.1 Å². The Kier molecular flexibility index (Phi) is 5.04. The summed E-state index contributed by atoms with van der Waals surface area (Å²) in [5.74, 6) is 0.575. The highest BCUT2D eigenvalue weighted by atomic mass is 16.5. The van der Waals surface area contributed by atoms with Crippen LogP contribution in [0.15, 0.2) is 12.1 Å². The molecule has 1 aromatic rings. The zero-order chi connectivity index (χ0) is 23.0. The zero-order valence-corrected chi connectivity index (χ0v) is 19.5. The number of ether oxygens (including phenoxy) is 1. The number of aliphatic hydroxyl groups is 2. The molecule has 5 aliphatic rings. The van der Waals surface area contributed by atoms with E-state index in [1.165, 1.54) is 0 Å². The Labute approximate surface area is 190 Å². The number of piperidine rings is 1. The highest BCUT2D eigenvalue weighted by Crippen LogP contribution is 2.67. The summed E-state index contributed by atoms with van der Waals surface area (Å²) >= 11 is 0. The molecule has 1 aromatic carbocycles. The second kappa shape index (κ2) is 7.34. The van der Waals surface area contributed by atoms with Crippen molar-refractivity contribution in [1.29, 1.82) is 0 Å². The predicted molar refractivity (Wildman–Crippen MR) is 120 cm³/mol. The molecule has 1 saturated heterocycles. The largest absolute Gasteiger partial charge is 0.507 e. The molecule has 0 aromatic heterocycles. The monoisotopic (exact) mass is 444 g/mol. The third kappa shape index (κ3) is 3.01. The normalized spacial score (nSPS) is 35.8. The van der Waals surface area contributed by atoms with Gasteiger partial charge in [-0.25, -0.2) is 0 Å². The van der Waals surface area contributed by atoms with Crippen LogP contribution in [0.5, 0.6) is 11.5 Å². The van der Waals surface area contributed by atoms with E-state index in [1.54, 1.807) is 24.1 Å². The van der Waals surface area contributed by atoms with Crippen molar-refractivity contribution in [3.8, 4) is 11.5 Å². The lowest BCUT2D eigenvalue weighted by atomic mass is 9.42. The van der Waals surface area contributed by atoms with Crippen molar-refractivity contribution < 1.29 is 24.9 Å². The first kappa shape index (κ1) is 22.0. The van der Waals surface area contributed by atoms with Crippen LogP contribution in [-0.2, 0) is 0 Å². The van der Waals surface area contributed by atoms with Gasteiger partial charge in [-0.15, -0.1) is 0 Å². The third-order valence-corrected chi connectivity index (χ3v) is 9.15. The lowest BCUT2D eigenvalue weighted by Crippen LogP contribution is -2.72. The van der Waals surface area contributed by atoms with Gasteiger partial charge in [0, 0.05) is 13.6 Å². The fourth-order valence-corrected chi connectivity index (χ4v) is 6.82. The number of hydrogen-bond acceptors (Lipinski definition) is 6. The van der Waals surface area contributed by atoms with E-state index in [0.717, 1.165) is 32.4 Å². The van der Waals surface area contributed by atoms with Crippen LogP contribution >= 0.6 is 0 Å². The number of phenolic OH excluding ortho intramolecular Hbond substituents is 1. The van der Waals surface area contributed by atoms with Gasteiger partial charge >= 0.3 is 0 Å². The molecule has 4 fully saturated rings. The van der Waals surface area contributed by atoms with E-state index >= 15 is 0 Å². The Hall–Kier alpha value is -1.83. The standard InChI is InChI=1S/C25H36N2O5/c1-24(2)15-11-18(24)25(31)19(12-15)32-17-6-5-16(21(28)20(17)22(25)29)23(30)27(4)13-14-7-9-26(3)10-8-14/h5-6,14-15,18-19,22,28-29,31H,7-13H2,1-4H3/t15-,18-,19-,22+,25-/m1/s1. The highest BCUT2D eigenvalue weighted by molar-refractivity contribution is 5.97. The summed E-state index contributed by atoms with van der Waals surface area (Å²) in [6.07, 6.45) is 1.81. The molecule has 0 radical (unpaired) electrons. The molecule has 176 valence electrons. The molecule has 0 unspecified atom stereocenters. The van der Waals surface area contributed by atoms with Gasteiger partial charge in [-0.2, -0.15) is 0 Å². The van der Waals surface area contributed by atoms with Crippen LogP contribution in [0.3, 0.4) is 0 Å². The molecule has 2 heterocycles. The van der Waals surface area contributed by atoms with Crippen molar-refractivity contribution in [2.24, 2.45) is 23.2 Å². The highest BCUT2D eigenvalue weighted by Gasteiger charge is 2.70. The molecule has 3 saturated carbocycles. The van der Waals surface area contributed by atoms with E-state index in [2.05, 4.69) is 25.8 Å². The summed E-state index contributed by atoms with van der Waals surface area (Å²) in [4.78, 5) is 17.2. The van der Waals surface area contributed by atoms with Gasteiger partial charge < -0.3 is 29.9 Å². The van der Waals surface area contributed by atoms with Crippen molar-refractivity contribution in [3.63, 3.8) is 0 Å². The number of rotatable bonds is 3. The third-order valence-electron chi connectivity index (χ3n) is 9.15. The van der Waals surface area contributed by atoms with Crippen LogP contribution in [0.2, 0.25) is 0 Å². The molecule has 1 amide bonds. The van der Waals surface area contributed by atoms with E-state index in [0.29, 0.717) is 30.6 Å². The van der Waals surface area contributed by atoms with Crippen LogP contribution in [0, 0.1) is 23.2 Å². The predicted octanol–water partition coefficient (Wildman–Crippen LogP) is 2.40. The number of carbonyl (C=O) groups excluding carboxylic acids is 1. The summed E-state index contributed by atoms with van der Waals surface area (Å²) in [5, 5.41) is 34.1. The van der Waals surface area contributed by atoms with Crippen molar-refractivity contribution in [2.75, 3.05) is 33.7 Å². The number of benzene rings is 1. The molecule has 7 heteroatoms. The minimum Gasteiger partial charge on any atom is -0.507 e. The number of hydrogen-bond donors (Lipinski definition) is 3. The molecule has 7 nitrogen and oxygen atoms in total. The van der Waals surface area contributed by atoms with Gasteiger partial charge in [0.15, 0.2) is 0 Å². The lowest BCUT2D eigenvalue weighted by molar-refractivity contribution is -0.289. The lowest BCUT2D eigenvalue weighted by Gasteiger charge is -2.67. The molecular formula is C25H36N2O5. The molecule has 0 spiro atoms. The van der Waals surface area contributed by atoms with Gasteiger partial charge in [-0.05, 0) is 81.1 Å². The van der Waals surface area contributed by atoms with Gasteiger partial charge in [0.25, 0.3) is 5.91 Å². The average molecular weight is 445 g/mol. The van der Waals surface area contributed by atoms with Gasteiger partial charge in [0.05, 0.1) is 11.1 Å². The quantitative estimate of drug-likeness (QED) is 0.663. The number of likely N-dealkylation sites (tertiary alicyclic amines) is 1. The van der Waals surface area contributed by atoms with Gasteiger partial charge in [-0.3, -0.25) is 4.79 Å². The molecule has 3 N–H and O–H groups in total. The number of fused-ring (bicyclic) bond motifs is 1. The van der Waals surface area contributed by atoms with E-state index in [4.69, 9.17) is 4.74 Å². The van der Waals surface area contributed by atoms with Gasteiger partial charge in [-0.1, -0.05) is 13.8 Å². The summed E-state index contributed by atoms with van der Waals surface area (Å²) < 4.78 is 6.11. The molecule has 2 aliphatic heterocycles. The SMILES string of the molecule is CN1CCC(CN(C)C(=O)c2ccc3c(c2O)[C@H](O)[C@@]2(O)[C@@H]4C[C@H](C[C@H]2O3)C4(C)C)CC1. The molecule has 3 aliphatic carbocycles. The Morgan fingerprint density at radius 2 is 1.94 bits per heavy atom. The van der Waals surface area contributed by atoms with E-state index in [1.807, 2.05) is 0 Å². The maximum absolute atomic E-state index is 13.2. The van der Waals surface area contributed by atoms with Crippen LogP contribution < -0.4 is 4.74 Å². The topological polar surface area (TPSA) is 93.5 Å². The van der Waals surface area contributed by atoms with Gasteiger partial charge in [0.2, 0.25) is 0 Å². The van der Waals surface area contributed by atoms with E-state index < -0.39 is 17.8 Å². The number of carbonyl (C=O) groups is 1. The number of phenols is 1. The summed E-state index contributed by atoms with van der Waals surface area (Å²) in [7, 11) is 3.87. The number of amides is 1. The van der Waals surface area contributed by atoms with Gasteiger partial charge in [0.1, 0.15) is 29.3 Å². The molecular weight excluding hydrogens is 408 g/mol. The molecule has 6 rings (SSSR count). The number of aliphatic hydroxyl groups excluding tert-OH is 1. The van der Waals surface area contributed by atoms with E-state index in [9.17, 15) is 20.1 Å². The Bertz CT molecular complexity index is 925. The number of aromatic hydroxyl groups is 1. The smallest absolute Gasteiger partial charge is 0.257 e. The second-order valence-corrected chi connectivity index (χ2v) is 11.2. The Balaban J connectivity index is 1.41. The summed E-state index contributed by atoms with van der Waals surface area (Å²) in [6.45, 7) is 6.93. The first-order valence-electron chi connectivity index (χ1n) is 11.9. The zero-order valence-electron chi connectivity index (χ0n) is 19.5. The molecule has 2 bridgehead atoms. The maximum atomic E-state index is 13.2. The molecule has 5 atom stereocenters. The minimum absolute atomic E-state index is 0.0928. The van der Waals surface area contributed by atoms with Crippen molar-refractivity contribution >= 4 is 5.91 Å². The number of nitrogens with zero attached hydrogens (tertiary/aromatic N) is 2. The summed E-state index contributed by atoms with van der Waals surface area (Å²) in [6, 6.07) is 3.23. The fourth-order valence-electron chi connectivity index (χ4n) is 6.82. The fraction of sp³-hybridized carbons (Fsp3) is 0.720. The maximum Gasteiger partial charge on any atom is 0.257 e. The first-order chi connectivity index (χ1) is 15.0. The Morgan fingerprint density at radius 3 is 2.59 bits per heavy atom. The van der Waals surface area contributed by atoms with Crippen LogP contribution in [0.25, 0.3) is 0 Å². The first-order valence-corrected chi connectivity index (χ1v) is 11.9. The Morgan fingerprint density at radius 1 is 1.25 bits per heavy atom. The average Bonchev–Trinajstić information content (AvgIpc) is 2.75. The van der Waals surface area contributed by atoms with Crippen molar-refractivity contribution in [3.05, 3.63) is 23.3 Å². The summed E-state index contributed by atoms with van der Waals surface area (Å²) in [5.41, 5.74) is -1.27. The van der Waals surface area contributed by atoms with Crippen LogP contribution in [0.4, 0.5) is 0 Å². The second-order valence-electron chi connectivity index (χ2n) is 11.2. The van der Waals surface area contributed by atoms with Crippen LogP contribution in [0.1, 0.15) is 61.6 Å². The van der Waals surface area contributed by atoms with Crippen molar-refractivity contribution in [2.45, 2.75) is 57.3 Å². The molecule has 32 heavy (non-hydrogen) atoms. The minimum atomic E-state index is -1.47. The van der Waals surface area contributed by atoms with Crippen LogP contribution in [-0.4, -0.2) is 76.5 Å².